The first-order chi connectivity index (χ1) is 18.3. The summed E-state index contributed by atoms with van der Waals surface area (Å²) in [6.45, 7) is 7.04. The Bertz CT molecular complexity index is 392. The number of ether oxygens (including phenoxy) is 1. The summed E-state index contributed by atoms with van der Waals surface area (Å²) >= 11 is 0. The smallest absolute Gasteiger partial charge is 0.0596 e. The number of methoxy groups -OCH3 is 1. The molecule has 0 fully saturated rings. The molecule has 1 heteroatoms. The van der Waals surface area contributed by atoms with E-state index in [1.807, 2.05) is 7.11 Å². The van der Waals surface area contributed by atoms with E-state index in [0.29, 0.717) is 6.10 Å². The van der Waals surface area contributed by atoms with E-state index in [-0.39, 0.29) is 0 Å². The van der Waals surface area contributed by atoms with Crippen LogP contribution < -0.4 is 0 Å². The highest BCUT2D eigenvalue weighted by molar-refractivity contribution is 4.67. The number of hydrogen-bond donors (Lipinski definition) is 0. The van der Waals surface area contributed by atoms with Crippen LogP contribution in [-0.2, 0) is 4.74 Å². The maximum absolute atomic E-state index is 5.89. The number of rotatable bonds is 32. The Kier molecular flexibility index (Phi) is 32.1. The molecule has 0 bridgehead atoms. The van der Waals surface area contributed by atoms with Gasteiger partial charge in [-0.1, -0.05) is 201 Å². The molecule has 0 radical (unpaired) electrons. The number of unbranched alkanes of at least 4 members (excludes halogenated alkanes) is 26. The SMILES string of the molecule is CCCCCCCCCCCCCCCCCCCC(C)C(CCCCCCCCCCCCC)OC. The number of hydrogen-bond acceptors (Lipinski definition) is 1. The summed E-state index contributed by atoms with van der Waals surface area (Å²) in [5.41, 5.74) is 0. The fourth-order valence-corrected chi connectivity index (χ4v) is 6.02. The lowest BCUT2D eigenvalue weighted by Crippen LogP contribution is -2.20. The van der Waals surface area contributed by atoms with Gasteiger partial charge in [0.2, 0.25) is 0 Å². The van der Waals surface area contributed by atoms with E-state index in [2.05, 4.69) is 20.8 Å². The summed E-state index contributed by atoms with van der Waals surface area (Å²) in [5.74, 6) is 0.726. The lowest BCUT2D eigenvalue weighted by atomic mass is 9.93. The first-order valence-electron chi connectivity index (χ1n) is 17.8. The molecule has 2 atom stereocenters. The predicted molar refractivity (Wildman–Crippen MR) is 170 cm³/mol. The Balaban J connectivity index is 3.38. The Hall–Kier alpha value is -0.0400. The zero-order chi connectivity index (χ0) is 27.1. The molecule has 2 unspecified atom stereocenters. The highest BCUT2D eigenvalue weighted by atomic mass is 16.5. The van der Waals surface area contributed by atoms with E-state index in [9.17, 15) is 0 Å². The van der Waals surface area contributed by atoms with E-state index in [1.165, 1.54) is 193 Å². The van der Waals surface area contributed by atoms with Crippen molar-refractivity contribution in [3.8, 4) is 0 Å². The zero-order valence-corrected chi connectivity index (χ0v) is 26.8. The Morgan fingerprint density at radius 1 is 0.351 bits per heavy atom. The Morgan fingerprint density at radius 2 is 0.595 bits per heavy atom. The summed E-state index contributed by atoms with van der Waals surface area (Å²) < 4.78 is 5.89. The fourth-order valence-electron chi connectivity index (χ4n) is 6.02. The molecule has 0 saturated carbocycles. The molecule has 0 aliphatic heterocycles. The van der Waals surface area contributed by atoms with Crippen molar-refractivity contribution in [3.63, 3.8) is 0 Å². The van der Waals surface area contributed by atoms with Gasteiger partial charge in [-0.05, 0) is 18.8 Å². The highest BCUT2D eigenvalue weighted by Gasteiger charge is 2.15. The van der Waals surface area contributed by atoms with Crippen LogP contribution in [0.5, 0.6) is 0 Å². The van der Waals surface area contributed by atoms with E-state index in [0.717, 1.165) is 5.92 Å². The van der Waals surface area contributed by atoms with E-state index in [1.54, 1.807) is 0 Å². The van der Waals surface area contributed by atoms with Gasteiger partial charge in [0.15, 0.2) is 0 Å². The van der Waals surface area contributed by atoms with Crippen LogP contribution in [0.3, 0.4) is 0 Å². The minimum atomic E-state index is 0.486. The molecule has 0 amide bonds. The molecule has 0 aliphatic carbocycles. The molecule has 0 aliphatic rings. The maximum atomic E-state index is 5.89. The molecule has 0 heterocycles. The summed E-state index contributed by atoms with van der Waals surface area (Å²) in [5, 5.41) is 0. The fraction of sp³-hybridized carbons (Fsp3) is 1.00. The van der Waals surface area contributed by atoms with Crippen LogP contribution in [0.4, 0.5) is 0 Å². The van der Waals surface area contributed by atoms with Gasteiger partial charge in [-0.15, -0.1) is 0 Å². The van der Waals surface area contributed by atoms with Crippen molar-refractivity contribution in [3.05, 3.63) is 0 Å². The Morgan fingerprint density at radius 3 is 0.865 bits per heavy atom. The van der Waals surface area contributed by atoms with Crippen LogP contribution in [0.25, 0.3) is 0 Å². The lowest BCUT2D eigenvalue weighted by Gasteiger charge is -2.22. The second kappa shape index (κ2) is 32.2. The normalized spacial score (nSPS) is 13.3. The second-order valence-corrected chi connectivity index (χ2v) is 12.5. The monoisotopic (exact) mass is 523 g/mol. The second-order valence-electron chi connectivity index (χ2n) is 12.5. The van der Waals surface area contributed by atoms with Crippen LogP contribution in [0.15, 0.2) is 0 Å². The van der Waals surface area contributed by atoms with Crippen molar-refractivity contribution < 1.29 is 4.74 Å². The Labute approximate surface area is 237 Å². The minimum absolute atomic E-state index is 0.486. The molecule has 0 saturated heterocycles. The van der Waals surface area contributed by atoms with Gasteiger partial charge in [-0.25, -0.2) is 0 Å². The van der Waals surface area contributed by atoms with Crippen molar-refractivity contribution in [2.75, 3.05) is 7.11 Å². The van der Waals surface area contributed by atoms with Crippen molar-refractivity contribution in [1.29, 1.82) is 0 Å². The van der Waals surface area contributed by atoms with Crippen molar-refractivity contribution in [2.45, 2.75) is 219 Å². The van der Waals surface area contributed by atoms with Gasteiger partial charge in [0.1, 0.15) is 0 Å². The van der Waals surface area contributed by atoms with Crippen molar-refractivity contribution >= 4 is 0 Å². The standard InChI is InChI=1S/C36H74O/c1-5-7-9-11-13-15-17-18-19-20-21-22-24-25-27-29-31-33-35(3)36(37-4)34-32-30-28-26-23-16-14-12-10-8-6-2/h35-36H,5-34H2,1-4H3. The van der Waals surface area contributed by atoms with Crippen LogP contribution in [0.1, 0.15) is 213 Å². The van der Waals surface area contributed by atoms with E-state index >= 15 is 0 Å². The van der Waals surface area contributed by atoms with Gasteiger partial charge < -0.3 is 4.74 Å². The zero-order valence-electron chi connectivity index (χ0n) is 26.8. The predicted octanol–water partition coefficient (Wildman–Crippen LogP) is 13.4. The van der Waals surface area contributed by atoms with Crippen LogP contribution in [0, 0.1) is 5.92 Å². The molecule has 0 aromatic rings. The maximum Gasteiger partial charge on any atom is 0.0596 e. The minimum Gasteiger partial charge on any atom is -0.381 e. The third kappa shape index (κ3) is 28.8. The summed E-state index contributed by atoms with van der Waals surface area (Å²) in [6.07, 6.45) is 43.6. The molecular formula is C36H74O. The molecule has 0 rings (SSSR count). The lowest BCUT2D eigenvalue weighted by molar-refractivity contribution is 0.0456. The summed E-state index contributed by atoms with van der Waals surface area (Å²) in [4.78, 5) is 0. The van der Waals surface area contributed by atoms with Crippen LogP contribution in [-0.4, -0.2) is 13.2 Å². The molecule has 224 valence electrons. The molecule has 1 nitrogen and oxygen atoms in total. The van der Waals surface area contributed by atoms with E-state index in [4.69, 9.17) is 4.74 Å². The van der Waals surface area contributed by atoms with Crippen molar-refractivity contribution in [2.24, 2.45) is 5.92 Å². The molecule has 0 spiro atoms. The van der Waals surface area contributed by atoms with E-state index < -0.39 is 0 Å². The molecule has 37 heavy (non-hydrogen) atoms. The summed E-state index contributed by atoms with van der Waals surface area (Å²) in [7, 11) is 1.94. The van der Waals surface area contributed by atoms with Crippen LogP contribution in [0.2, 0.25) is 0 Å². The van der Waals surface area contributed by atoms with Gasteiger partial charge in [-0.2, -0.15) is 0 Å². The van der Waals surface area contributed by atoms with Crippen LogP contribution >= 0.6 is 0 Å². The first kappa shape index (κ1) is 37.0. The molecule has 0 N–H and O–H groups in total. The topological polar surface area (TPSA) is 9.23 Å². The third-order valence-electron chi connectivity index (χ3n) is 8.79. The van der Waals surface area contributed by atoms with Crippen molar-refractivity contribution in [1.82, 2.24) is 0 Å². The molecule has 0 aromatic carbocycles. The summed E-state index contributed by atoms with van der Waals surface area (Å²) in [6, 6.07) is 0. The molecule has 0 aromatic heterocycles. The molecular weight excluding hydrogens is 448 g/mol. The van der Waals surface area contributed by atoms with Gasteiger partial charge in [0, 0.05) is 7.11 Å². The highest BCUT2D eigenvalue weighted by Crippen LogP contribution is 2.22. The largest absolute Gasteiger partial charge is 0.381 e. The third-order valence-corrected chi connectivity index (χ3v) is 8.79. The van der Waals surface area contributed by atoms with Gasteiger partial charge >= 0.3 is 0 Å². The van der Waals surface area contributed by atoms with Gasteiger partial charge in [-0.3, -0.25) is 0 Å². The van der Waals surface area contributed by atoms with Gasteiger partial charge in [0.25, 0.3) is 0 Å². The average Bonchev–Trinajstić information content (AvgIpc) is 2.91. The average molecular weight is 523 g/mol. The quantitative estimate of drug-likeness (QED) is 0.0798. The van der Waals surface area contributed by atoms with Gasteiger partial charge in [0.05, 0.1) is 6.10 Å². The first-order valence-corrected chi connectivity index (χ1v) is 17.8.